The molecule has 0 aliphatic carbocycles. The Labute approximate surface area is 151 Å². The van der Waals surface area contributed by atoms with Crippen molar-refractivity contribution in [1.82, 2.24) is 14.7 Å². The minimum atomic E-state index is 0.00500. The van der Waals surface area contributed by atoms with Gasteiger partial charge in [-0.25, -0.2) is 0 Å². The summed E-state index contributed by atoms with van der Waals surface area (Å²) in [5.74, 6) is 0.00500. The highest BCUT2D eigenvalue weighted by Crippen LogP contribution is 2.15. The van der Waals surface area contributed by atoms with Crippen LogP contribution in [0, 0.1) is 0 Å². The van der Waals surface area contributed by atoms with Crippen molar-refractivity contribution in [3.63, 3.8) is 0 Å². The molecule has 6 heteroatoms. The molecule has 128 valence electrons. The van der Waals surface area contributed by atoms with Crippen LogP contribution >= 0.6 is 15.9 Å². The molecule has 0 radical (unpaired) electrons. The number of hydrogen-bond donors (Lipinski definition) is 1. The van der Waals surface area contributed by atoms with Crippen molar-refractivity contribution in [3.05, 3.63) is 46.7 Å². The first-order chi connectivity index (χ1) is 11.7. The predicted octanol–water partition coefficient (Wildman–Crippen LogP) is 3.66. The van der Waals surface area contributed by atoms with Crippen LogP contribution < -0.4 is 5.32 Å². The van der Waals surface area contributed by atoms with Gasteiger partial charge in [0.25, 0.3) is 0 Å². The Bertz CT molecular complexity index is 662. The second-order valence-corrected chi connectivity index (χ2v) is 7.17. The Balaban J connectivity index is 1.45. The van der Waals surface area contributed by atoms with Gasteiger partial charge in [-0.15, -0.1) is 0 Å². The smallest absolute Gasteiger partial charge is 0.226 e. The van der Waals surface area contributed by atoms with Gasteiger partial charge in [-0.05, 0) is 59.6 Å². The van der Waals surface area contributed by atoms with Gasteiger partial charge in [-0.1, -0.05) is 18.6 Å². The van der Waals surface area contributed by atoms with E-state index in [1.807, 2.05) is 18.3 Å². The first-order valence-electron chi connectivity index (χ1n) is 8.48. The van der Waals surface area contributed by atoms with Gasteiger partial charge in [0.05, 0.1) is 10.7 Å². The summed E-state index contributed by atoms with van der Waals surface area (Å²) in [5.41, 5.74) is 2.15. The number of nitrogens with zero attached hydrogens (tertiary/aromatic N) is 3. The number of halogens is 1. The Morgan fingerprint density at radius 1 is 1.17 bits per heavy atom. The van der Waals surface area contributed by atoms with Gasteiger partial charge in [-0.3, -0.25) is 14.4 Å². The number of aromatic nitrogens is 2. The molecular formula is C18H23BrN4O. The number of piperidine rings is 1. The van der Waals surface area contributed by atoms with Crippen LogP contribution in [0.4, 0.5) is 5.69 Å². The van der Waals surface area contributed by atoms with E-state index in [2.05, 4.69) is 43.4 Å². The number of likely N-dealkylation sites (tertiary alicyclic amines) is 1. The molecule has 1 saturated heterocycles. The van der Waals surface area contributed by atoms with Crippen molar-refractivity contribution in [2.24, 2.45) is 0 Å². The molecule has 1 aromatic heterocycles. The monoisotopic (exact) mass is 390 g/mol. The number of benzene rings is 1. The molecule has 2 heterocycles. The molecule has 1 aliphatic heterocycles. The van der Waals surface area contributed by atoms with Crippen LogP contribution in [-0.4, -0.2) is 33.7 Å². The zero-order valence-corrected chi connectivity index (χ0v) is 15.3. The lowest BCUT2D eigenvalue weighted by atomic mass is 10.1. The number of anilines is 1. The molecule has 0 saturated carbocycles. The topological polar surface area (TPSA) is 50.2 Å². The van der Waals surface area contributed by atoms with E-state index in [9.17, 15) is 4.79 Å². The third-order valence-corrected chi connectivity index (χ3v) is 4.67. The second kappa shape index (κ2) is 8.44. The Kier molecular flexibility index (Phi) is 6.04. The van der Waals surface area contributed by atoms with E-state index >= 15 is 0 Å². The number of amides is 1. The molecule has 0 atom stereocenters. The molecular weight excluding hydrogens is 368 g/mol. The van der Waals surface area contributed by atoms with Gasteiger partial charge in [-0.2, -0.15) is 5.10 Å². The highest BCUT2D eigenvalue weighted by molar-refractivity contribution is 9.10. The van der Waals surface area contributed by atoms with Crippen molar-refractivity contribution in [3.8, 4) is 0 Å². The maximum absolute atomic E-state index is 12.0. The average molecular weight is 391 g/mol. The predicted molar refractivity (Wildman–Crippen MR) is 98.7 cm³/mol. The molecule has 1 N–H and O–H groups in total. The van der Waals surface area contributed by atoms with E-state index in [4.69, 9.17) is 0 Å². The van der Waals surface area contributed by atoms with Crippen molar-refractivity contribution < 1.29 is 4.79 Å². The lowest BCUT2D eigenvalue weighted by Gasteiger charge is -2.26. The summed E-state index contributed by atoms with van der Waals surface area (Å²) < 4.78 is 2.68. The van der Waals surface area contributed by atoms with Gasteiger partial charge in [0, 0.05) is 31.4 Å². The SMILES string of the molecule is O=C(CCn1cc(Br)cn1)Nc1ccc(CN2CCCCC2)cc1. The van der Waals surface area contributed by atoms with Gasteiger partial charge in [0.2, 0.25) is 5.91 Å². The van der Waals surface area contributed by atoms with Crippen LogP contribution in [0.15, 0.2) is 41.1 Å². The molecule has 0 spiro atoms. The van der Waals surface area contributed by atoms with Crippen molar-refractivity contribution in [1.29, 1.82) is 0 Å². The average Bonchev–Trinajstić information content (AvgIpc) is 3.01. The Morgan fingerprint density at radius 2 is 1.92 bits per heavy atom. The fourth-order valence-corrected chi connectivity index (χ4v) is 3.30. The number of rotatable bonds is 6. The summed E-state index contributed by atoms with van der Waals surface area (Å²) in [6, 6.07) is 8.19. The number of carbonyl (C=O) groups excluding carboxylic acids is 1. The number of hydrogen-bond acceptors (Lipinski definition) is 3. The lowest BCUT2D eigenvalue weighted by Crippen LogP contribution is -2.29. The van der Waals surface area contributed by atoms with Gasteiger partial charge >= 0.3 is 0 Å². The minimum absolute atomic E-state index is 0.00500. The van der Waals surface area contributed by atoms with Crippen LogP contribution in [0.3, 0.4) is 0 Å². The third kappa shape index (κ3) is 5.18. The van der Waals surface area contributed by atoms with E-state index in [1.54, 1.807) is 10.9 Å². The van der Waals surface area contributed by atoms with Crippen LogP contribution in [0.2, 0.25) is 0 Å². The molecule has 1 aliphatic rings. The van der Waals surface area contributed by atoms with Crippen molar-refractivity contribution >= 4 is 27.5 Å². The second-order valence-electron chi connectivity index (χ2n) is 6.25. The standard InChI is InChI=1S/C18H23BrN4O/c19-16-12-20-23(14-16)11-8-18(24)21-17-6-4-15(5-7-17)13-22-9-2-1-3-10-22/h4-7,12,14H,1-3,8-11,13H2,(H,21,24). The van der Waals surface area contributed by atoms with Crippen LogP contribution in [0.5, 0.6) is 0 Å². The van der Waals surface area contributed by atoms with Crippen LogP contribution in [0.1, 0.15) is 31.2 Å². The summed E-state index contributed by atoms with van der Waals surface area (Å²) in [6.45, 7) is 3.97. The number of nitrogens with one attached hydrogen (secondary N) is 1. The molecule has 0 unspecified atom stereocenters. The highest BCUT2D eigenvalue weighted by atomic mass is 79.9. The fourth-order valence-electron chi connectivity index (χ4n) is 2.97. The zero-order valence-electron chi connectivity index (χ0n) is 13.7. The van der Waals surface area contributed by atoms with Crippen LogP contribution in [0.25, 0.3) is 0 Å². The van der Waals surface area contributed by atoms with E-state index in [0.29, 0.717) is 13.0 Å². The molecule has 2 aromatic rings. The maximum atomic E-state index is 12.0. The molecule has 1 amide bonds. The van der Waals surface area contributed by atoms with Crippen LogP contribution in [-0.2, 0) is 17.9 Å². The first-order valence-corrected chi connectivity index (χ1v) is 9.27. The van der Waals surface area contributed by atoms with E-state index in [1.165, 1.54) is 37.9 Å². The number of carbonyl (C=O) groups is 1. The van der Waals surface area contributed by atoms with E-state index in [-0.39, 0.29) is 5.91 Å². The molecule has 1 fully saturated rings. The van der Waals surface area contributed by atoms with Crippen molar-refractivity contribution in [2.75, 3.05) is 18.4 Å². The largest absolute Gasteiger partial charge is 0.326 e. The van der Waals surface area contributed by atoms with E-state index < -0.39 is 0 Å². The molecule has 1 aromatic carbocycles. The van der Waals surface area contributed by atoms with Gasteiger partial charge < -0.3 is 5.32 Å². The summed E-state index contributed by atoms with van der Waals surface area (Å²) in [5, 5.41) is 7.09. The maximum Gasteiger partial charge on any atom is 0.226 e. The molecule has 5 nitrogen and oxygen atoms in total. The van der Waals surface area contributed by atoms with Gasteiger partial charge in [0.15, 0.2) is 0 Å². The minimum Gasteiger partial charge on any atom is -0.326 e. The number of aryl methyl sites for hydroxylation is 1. The van der Waals surface area contributed by atoms with E-state index in [0.717, 1.165) is 16.7 Å². The fraction of sp³-hybridized carbons (Fsp3) is 0.444. The summed E-state index contributed by atoms with van der Waals surface area (Å²) >= 11 is 3.35. The summed E-state index contributed by atoms with van der Waals surface area (Å²) in [6.07, 6.45) is 7.96. The Hall–Kier alpha value is -1.66. The van der Waals surface area contributed by atoms with Crippen molar-refractivity contribution in [2.45, 2.75) is 38.8 Å². The Morgan fingerprint density at radius 3 is 2.58 bits per heavy atom. The molecule has 0 bridgehead atoms. The molecule has 3 rings (SSSR count). The zero-order chi connectivity index (χ0) is 16.8. The summed E-state index contributed by atoms with van der Waals surface area (Å²) in [7, 11) is 0. The normalized spacial score (nSPS) is 15.4. The lowest BCUT2D eigenvalue weighted by molar-refractivity contribution is -0.116. The molecule has 24 heavy (non-hydrogen) atoms. The van der Waals surface area contributed by atoms with Gasteiger partial charge in [0.1, 0.15) is 0 Å². The highest BCUT2D eigenvalue weighted by Gasteiger charge is 2.10. The summed E-state index contributed by atoms with van der Waals surface area (Å²) in [4.78, 5) is 14.5. The third-order valence-electron chi connectivity index (χ3n) is 4.26. The quantitative estimate of drug-likeness (QED) is 0.818. The first kappa shape index (κ1) is 17.2.